The number of carbonyl (C=O) groups excluding carboxylic acids is 1. The summed E-state index contributed by atoms with van der Waals surface area (Å²) in [4.78, 5) is 12.5. The van der Waals surface area contributed by atoms with E-state index in [0.717, 1.165) is 0 Å². The monoisotopic (exact) mass is 374 g/mol. The first-order valence-electron chi connectivity index (χ1n) is 7.31. The van der Waals surface area contributed by atoms with Crippen molar-refractivity contribution in [2.24, 2.45) is 0 Å². The van der Waals surface area contributed by atoms with E-state index in [9.17, 15) is 15.2 Å². The van der Waals surface area contributed by atoms with Gasteiger partial charge in [0.25, 0.3) is 22.5 Å². The number of halogens is 2. The second-order valence-corrected chi connectivity index (χ2v) is 6.28. The molecule has 0 atom stereocenters. The molecule has 0 aliphatic carbocycles. The topological polar surface area (TPSA) is 71.0 Å². The van der Waals surface area contributed by atoms with E-state index in [2.05, 4.69) is 0 Å². The fourth-order valence-electron chi connectivity index (χ4n) is 2.55. The molecule has 1 heterocycles. The Morgan fingerprint density at radius 1 is 1.00 bits per heavy atom. The van der Waals surface area contributed by atoms with Crippen molar-refractivity contribution in [3.05, 3.63) is 86.0 Å². The molecule has 0 aliphatic rings. The second-order valence-electron chi connectivity index (χ2n) is 5.41. The number of allylic oxidation sites excluding steroid dienone is 1. The quantitative estimate of drug-likeness (QED) is 0.304. The van der Waals surface area contributed by atoms with Gasteiger partial charge in [0.05, 0.1) is 0 Å². The third-order valence-electron chi connectivity index (χ3n) is 3.72. The summed E-state index contributed by atoms with van der Waals surface area (Å²) in [6.07, 6.45) is 2.71. The van der Waals surface area contributed by atoms with Crippen LogP contribution in [0, 0.1) is 17.3 Å². The number of carbonyl (C=O) groups is 1. The molecule has 0 radical (unpaired) electrons. The van der Waals surface area contributed by atoms with Crippen LogP contribution in [0.2, 0.25) is 10.0 Å². The van der Waals surface area contributed by atoms with Gasteiger partial charge >= 0.3 is 5.69 Å². The van der Waals surface area contributed by atoms with Gasteiger partial charge in [0, 0.05) is 29.1 Å². The molecule has 0 unspecified atom stereocenters. The highest BCUT2D eigenvalue weighted by Gasteiger charge is 2.28. The van der Waals surface area contributed by atoms with Crippen LogP contribution < -0.4 is 9.46 Å². The summed E-state index contributed by atoms with van der Waals surface area (Å²) < 4.78 is 1.07. The van der Waals surface area contributed by atoms with Crippen LogP contribution in [0.3, 0.4) is 0 Å². The summed E-state index contributed by atoms with van der Waals surface area (Å²) in [5.41, 5.74) is 0.755. The van der Waals surface area contributed by atoms with Crippen LogP contribution in [0.15, 0.2) is 48.5 Å². The molecular formula is C18H12Cl2N2O3. The van der Waals surface area contributed by atoms with E-state index >= 15 is 0 Å². The molecule has 25 heavy (non-hydrogen) atoms. The number of fused-ring (bicyclic) bond motifs is 1. The Morgan fingerprint density at radius 3 is 2.16 bits per heavy atom. The van der Waals surface area contributed by atoms with Gasteiger partial charge in [0.2, 0.25) is 0 Å². The van der Waals surface area contributed by atoms with Crippen LogP contribution >= 0.6 is 23.2 Å². The van der Waals surface area contributed by atoms with E-state index in [1.54, 1.807) is 30.3 Å². The fourth-order valence-corrected chi connectivity index (χ4v) is 3.10. The van der Waals surface area contributed by atoms with Crippen LogP contribution in [0.5, 0.6) is 0 Å². The first kappa shape index (κ1) is 17.2. The molecule has 126 valence electrons. The van der Waals surface area contributed by atoms with Gasteiger partial charge < -0.3 is 10.4 Å². The molecular weight excluding hydrogens is 363 g/mol. The van der Waals surface area contributed by atoms with E-state index in [0.29, 0.717) is 25.1 Å². The highest BCUT2D eigenvalue weighted by molar-refractivity contribution is 6.34. The lowest BCUT2D eigenvalue weighted by Crippen LogP contribution is -2.46. The van der Waals surface area contributed by atoms with Gasteiger partial charge in [-0.3, -0.25) is 4.79 Å². The van der Waals surface area contributed by atoms with Gasteiger partial charge in [-0.2, -0.15) is 9.46 Å². The minimum atomic E-state index is -0.584. The third-order valence-corrected chi connectivity index (χ3v) is 4.15. The van der Waals surface area contributed by atoms with Crippen molar-refractivity contribution in [2.75, 3.05) is 0 Å². The molecule has 0 N–H and O–H groups in total. The molecule has 7 heteroatoms. The number of aromatic nitrogens is 2. The summed E-state index contributed by atoms with van der Waals surface area (Å²) in [5.74, 6) is -0.584. The lowest BCUT2D eigenvalue weighted by Gasteiger charge is -2.09. The van der Waals surface area contributed by atoms with Crippen LogP contribution in [-0.4, -0.2) is 5.78 Å². The zero-order valence-corrected chi connectivity index (χ0v) is 14.6. The number of rotatable bonds is 3. The predicted molar refractivity (Wildman–Crippen MR) is 96.4 cm³/mol. The minimum Gasteiger partial charge on any atom is -0.618 e. The Hall–Kier alpha value is -2.63. The average Bonchev–Trinajstić information content (AvgIpc) is 2.57. The first-order valence-corrected chi connectivity index (χ1v) is 8.07. The van der Waals surface area contributed by atoms with Crippen LogP contribution in [-0.2, 0) is 0 Å². The number of hydrogen-bond donors (Lipinski definition) is 0. The van der Waals surface area contributed by atoms with E-state index in [1.807, 2.05) is 0 Å². The molecule has 0 fully saturated rings. The first-order chi connectivity index (χ1) is 11.9. The van der Waals surface area contributed by atoms with Crippen molar-refractivity contribution >= 4 is 46.1 Å². The SMILES string of the molecule is Cc1c(C(=O)C=Cc2cc(Cl)cc(Cl)c2)[n+]([O-])c2ccccc2[n+]1[O-]. The molecule has 0 aliphatic heterocycles. The third kappa shape index (κ3) is 3.29. The Morgan fingerprint density at radius 2 is 1.56 bits per heavy atom. The number of ketones is 1. The van der Waals surface area contributed by atoms with Crippen molar-refractivity contribution < 1.29 is 14.3 Å². The molecule has 0 spiro atoms. The Kier molecular flexibility index (Phi) is 4.61. The molecule has 3 aromatic rings. The summed E-state index contributed by atoms with van der Waals surface area (Å²) >= 11 is 11.8. The maximum Gasteiger partial charge on any atom is 0.333 e. The summed E-state index contributed by atoms with van der Waals surface area (Å²) in [5, 5.41) is 25.7. The van der Waals surface area contributed by atoms with E-state index in [1.165, 1.54) is 31.2 Å². The fraction of sp³-hybridized carbons (Fsp3) is 0.0556. The largest absolute Gasteiger partial charge is 0.618 e. The highest BCUT2D eigenvalue weighted by atomic mass is 35.5. The number of nitrogens with zero attached hydrogens (tertiary/aromatic N) is 2. The van der Waals surface area contributed by atoms with E-state index in [4.69, 9.17) is 23.2 Å². The number of benzene rings is 2. The molecule has 3 rings (SSSR count). The Labute approximate surface area is 153 Å². The molecule has 2 aromatic carbocycles. The summed E-state index contributed by atoms with van der Waals surface area (Å²) in [7, 11) is 0. The molecule has 0 saturated carbocycles. The zero-order valence-electron chi connectivity index (χ0n) is 13.1. The molecule has 0 bridgehead atoms. The predicted octanol–water partition coefficient (Wildman–Crippen LogP) is 3.62. The zero-order chi connectivity index (χ0) is 18.1. The van der Waals surface area contributed by atoms with E-state index < -0.39 is 5.78 Å². The van der Waals surface area contributed by atoms with Crippen molar-refractivity contribution in [2.45, 2.75) is 6.92 Å². The highest BCUT2D eigenvalue weighted by Crippen LogP contribution is 2.20. The van der Waals surface area contributed by atoms with Gasteiger partial charge in [0.1, 0.15) is 0 Å². The Bertz CT molecular complexity index is 1010. The van der Waals surface area contributed by atoms with Crippen LogP contribution in [0.4, 0.5) is 0 Å². The molecule has 5 nitrogen and oxygen atoms in total. The summed E-state index contributed by atoms with van der Waals surface area (Å²) in [6, 6.07) is 11.1. The summed E-state index contributed by atoms with van der Waals surface area (Å²) in [6.45, 7) is 1.44. The smallest absolute Gasteiger partial charge is 0.333 e. The molecule has 1 aromatic heterocycles. The van der Waals surface area contributed by atoms with Gasteiger partial charge in [-0.05, 0) is 29.8 Å². The van der Waals surface area contributed by atoms with Crippen molar-refractivity contribution in [1.82, 2.24) is 0 Å². The number of para-hydroxylation sites is 2. The van der Waals surface area contributed by atoms with Crippen LogP contribution in [0.25, 0.3) is 17.1 Å². The van der Waals surface area contributed by atoms with Gasteiger partial charge in [-0.1, -0.05) is 41.4 Å². The van der Waals surface area contributed by atoms with Crippen molar-refractivity contribution in [1.29, 1.82) is 0 Å². The number of hydrogen-bond acceptors (Lipinski definition) is 3. The maximum atomic E-state index is 12.5. The van der Waals surface area contributed by atoms with Gasteiger partial charge in [-0.25, -0.2) is 0 Å². The Balaban J connectivity index is 2.07. The van der Waals surface area contributed by atoms with E-state index in [-0.39, 0.29) is 22.4 Å². The minimum absolute atomic E-state index is 0.0347. The standard InChI is InChI=1S/C18H12Cl2N2O3/c1-11-18(22(25)16-5-3-2-4-15(16)21(11)24)17(23)7-6-12-8-13(19)10-14(20)9-12/h2-10H,1H3. The average molecular weight is 375 g/mol. The lowest BCUT2D eigenvalue weighted by molar-refractivity contribution is -0.635. The van der Waals surface area contributed by atoms with Crippen molar-refractivity contribution in [3.63, 3.8) is 0 Å². The normalized spacial score (nSPS) is 11.3. The maximum absolute atomic E-state index is 12.5. The van der Waals surface area contributed by atoms with Gasteiger partial charge in [0.15, 0.2) is 0 Å². The molecule has 0 saturated heterocycles. The second kappa shape index (κ2) is 6.70. The van der Waals surface area contributed by atoms with Gasteiger partial charge in [-0.15, -0.1) is 0 Å². The van der Waals surface area contributed by atoms with Crippen LogP contribution in [0.1, 0.15) is 21.7 Å². The molecule has 0 amide bonds. The lowest BCUT2D eigenvalue weighted by atomic mass is 10.1. The van der Waals surface area contributed by atoms with Crippen molar-refractivity contribution in [3.8, 4) is 0 Å².